The Labute approximate surface area is 149 Å². The smallest absolute Gasteiger partial charge is 0.115 e. The van der Waals surface area contributed by atoms with Crippen LogP contribution in [0, 0.1) is 5.92 Å². The van der Waals surface area contributed by atoms with Gasteiger partial charge in [-0.2, -0.15) is 0 Å². The van der Waals surface area contributed by atoms with Gasteiger partial charge in [0.1, 0.15) is 5.75 Å². The van der Waals surface area contributed by atoms with Gasteiger partial charge in [-0.15, -0.1) is 0 Å². The molecule has 0 aromatic heterocycles. The molecule has 25 heavy (non-hydrogen) atoms. The van der Waals surface area contributed by atoms with Crippen molar-refractivity contribution in [2.45, 2.75) is 44.3 Å². The summed E-state index contributed by atoms with van der Waals surface area (Å²) in [4.78, 5) is 0. The van der Waals surface area contributed by atoms with E-state index >= 15 is 0 Å². The zero-order valence-corrected chi connectivity index (χ0v) is 14.6. The van der Waals surface area contributed by atoms with Crippen molar-refractivity contribution in [3.05, 3.63) is 77.4 Å². The molecule has 1 saturated carbocycles. The van der Waals surface area contributed by atoms with Crippen molar-refractivity contribution >= 4 is 0 Å². The van der Waals surface area contributed by atoms with Crippen LogP contribution in [-0.4, -0.2) is 15.3 Å². The summed E-state index contributed by atoms with van der Waals surface area (Å²) in [5, 5.41) is 30.8. The third-order valence-electron chi connectivity index (χ3n) is 5.26. The van der Waals surface area contributed by atoms with Gasteiger partial charge in [-0.05, 0) is 48.9 Å². The Balaban J connectivity index is 1.64. The number of aliphatic hydroxyl groups excluding tert-OH is 1. The van der Waals surface area contributed by atoms with Crippen LogP contribution in [0.3, 0.4) is 0 Å². The number of rotatable bonds is 4. The number of hydrogen-bond donors (Lipinski definition) is 3. The molecule has 1 fully saturated rings. The third kappa shape index (κ3) is 4.12. The molecule has 1 aliphatic rings. The molecule has 0 saturated heterocycles. The zero-order chi connectivity index (χ0) is 17.9. The van der Waals surface area contributed by atoms with Gasteiger partial charge < -0.3 is 15.3 Å². The highest BCUT2D eigenvalue weighted by Gasteiger charge is 2.32. The first-order chi connectivity index (χ1) is 12.0. The SMILES string of the molecule is C[C@H](C=C1CCC(O)(c2ccccc2)CC1)[C@@H](O)c1ccc(O)cc1. The molecule has 2 aromatic rings. The molecule has 0 spiro atoms. The van der Waals surface area contributed by atoms with Gasteiger partial charge in [0.05, 0.1) is 11.7 Å². The number of hydrogen-bond acceptors (Lipinski definition) is 3. The van der Waals surface area contributed by atoms with E-state index < -0.39 is 11.7 Å². The third-order valence-corrected chi connectivity index (χ3v) is 5.26. The Bertz CT molecular complexity index is 709. The summed E-state index contributed by atoms with van der Waals surface area (Å²) in [6.45, 7) is 2.00. The van der Waals surface area contributed by atoms with Crippen molar-refractivity contribution in [3.63, 3.8) is 0 Å². The molecule has 0 bridgehead atoms. The van der Waals surface area contributed by atoms with Gasteiger partial charge in [-0.25, -0.2) is 0 Å². The van der Waals surface area contributed by atoms with Crippen LogP contribution in [-0.2, 0) is 5.60 Å². The number of phenolic OH excluding ortho intramolecular Hbond substituents is 1. The number of aliphatic hydroxyl groups is 2. The molecule has 3 rings (SSSR count). The standard InChI is InChI=1S/C22H26O3/c1-16(21(24)18-7-9-20(23)10-8-18)15-17-11-13-22(25,14-12-17)19-5-3-2-4-6-19/h2-10,15-16,21,23-25H,11-14H2,1H3/t16-,21-,22?/m1/s1. The van der Waals surface area contributed by atoms with Gasteiger partial charge >= 0.3 is 0 Å². The molecule has 3 nitrogen and oxygen atoms in total. The van der Waals surface area contributed by atoms with Gasteiger partial charge in [0.15, 0.2) is 0 Å². The molecule has 0 radical (unpaired) electrons. The molecule has 2 atom stereocenters. The molecule has 2 aromatic carbocycles. The average molecular weight is 338 g/mol. The maximum Gasteiger partial charge on any atom is 0.115 e. The minimum Gasteiger partial charge on any atom is -0.508 e. The van der Waals surface area contributed by atoms with E-state index in [1.54, 1.807) is 24.3 Å². The Hall–Kier alpha value is -2.10. The zero-order valence-electron chi connectivity index (χ0n) is 14.6. The lowest BCUT2D eigenvalue weighted by Gasteiger charge is -2.34. The number of aromatic hydroxyl groups is 1. The molecule has 0 amide bonds. The molecular formula is C22H26O3. The first-order valence-electron chi connectivity index (χ1n) is 8.92. The highest BCUT2D eigenvalue weighted by atomic mass is 16.3. The molecule has 132 valence electrons. The second-order valence-corrected chi connectivity index (χ2v) is 7.12. The summed E-state index contributed by atoms with van der Waals surface area (Å²) in [6, 6.07) is 16.6. The normalized spacial score (nSPS) is 23.1. The maximum atomic E-state index is 10.9. The Morgan fingerprint density at radius 2 is 1.56 bits per heavy atom. The molecule has 0 unspecified atom stereocenters. The monoisotopic (exact) mass is 338 g/mol. The van der Waals surface area contributed by atoms with Gasteiger partial charge in [0, 0.05) is 5.92 Å². The Morgan fingerprint density at radius 1 is 0.960 bits per heavy atom. The lowest BCUT2D eigenvalue weighted by Crippen LogP contribution is -2.29. The van der Waals surface area contributed by atoms with Crippen LogP contribution in [0.4, 0.5) is 0 Å². The summed E-state index contributed by atoms with van der Waals surface area (Å²) in [5.41, 5.74) is 2.35. The Kier molecular flexibility index (Phi) is 5.26. The fraction of sp³-hybridized carbons (Fsp3) is 0.364. The topological polar surface area (TPSA) is 60.7 Å². The molecule has 1 aliphatic carbocycles. The van der Waals surface area contributed by atoms with Gasteiger partial charge in [-0.3, -0.25) is 0 Å². The van der Waals surface area contributed by atoms with Crippen molar-refractivity contribution in [2.75, 3.05) is 0 Å². The van der Waals surface area contributed by atoms with Crippen LogP contribution in [0.2, 0.25) is 0 Å². The summed E-state index contributed by atoms with van der Waals surface area (Å²) < 4.78 is 0. The number of allylic oxidation sites excluding steroid dienone is 1. The lowest BCUT2D eigenvalue weighted by molar-refractivity contribution is 0.00900. The van der Waals surface area contributed by atoms with Crippen LogP contribution in [0.25, 0.3) is 0 Å². The fourth-order valence-electron chi connectivity index (χ4n) is 3.63. The van der Waals surface area contributed by atoms with Gasteiger partial charge in [0.2, 0.25) is 0 Å². The summed E-state index contributed by atoms with van der Waals surface area (Å²) in [6.07, 6.45) is 4.66. The van der Waals surface area contributed by atoms with Crippen molar-refractivity contribution in [2.24, 2.45) is 5.92 Å². The van der Waals surface area contributed by atoms with E-state index in [0.717, 1.165) is 24.0 Å². The fourth-order valence-corrected chi connectivity index (χ4v) is 3.63. The average Bonchev–Trinajstić information content (AvgIpc) is 2.64. The maximum absolute atomic E-state index is 10.9. The second-order valence-electron chi connectivity index (χ2n) is 7.12. The van der Waals surface area contributed by atoms with Crippen molar-refractivity contribution in [1.29, 1.82) is 0 Å². The second kappa shape index (κ2) is 7.42. The van der Waals surface area contributed by atoms with E-state index in [2.05, 4.69) is 6.08 Å². The predicted octanol–water partition coefficient (Wildman–Crippen LogP) is 4.45. The Morgan fingerprint density at radius 3 is 2.16 bits per heavy atom. The summed E-state index contributed by atoms with van der Waals surface area (Å²) >= 11 is 0. The first-order valence-corrected chi connectivity index (χ1v) is 8.92. The van der Waals surface area contributed by atoms with E-state index in [1.807, 2.05) is 37.3 Å². The minimum absolute atomic E-state index is 0.0116. The number of phenols is 1. The summed E-state index contributed by atoms with van der Waals surface area (Å²) in [5.74, 6) is 0.192. The van der Waals surface area contributed by atoms with Crippen LogP contribution in [0.1, 0.15) is 49.8 Å². The highest BCUT2D eigenvalue weighted by Crippen LogP contribution is 2.40. The quantitative estimate of drug-likeness (QED) is 0.722. The molecule has 3 N–H and O–H groups in total. The van der Waals surface area contributed by atoms with Crippen LogP contribution in [0.5, 0.6) is 5.75 Å². The lowest BCUT2D eigenvalue weighted by atomic mass is 9.77. The highest BCUT2D eigenvalue weighted by molar-refractivity contribution is 5.29. The molecule has 3 heteroatoms. The van der Waals surface area contributed by atoms with Crippen molar-refractivity contribution in [3.8, 4) is 5.75 Å². The first kappa shape index (κ1) is 17.7. The molecule has 0 heterocycles. The predicted molar refractivity (Wildman–Crippen MR) is 99.1 cm³/mol. The van der Waals surface area contributed by atoms with Crippen molar-refractivity contribution < 1.29 is 15.3 Å². The van der Waals surface area contributed by atoms with Crippen molar-refractivity contribution in [1.82, 2.24) is 0 Å². The van der Waals surface area contributed by atoms with Gasteiger partial charge in [0.25, 0.3) is 0 Å². The minimum atomic E-state index is -0.739. The van der Waals surface area contributed by atoms with E-state index in [9.17, 15) is 15.3 Å². The van der Waals surface area contributed by atoms with Gasteiger partial charge in [-0.1, -0.05) is 61.0 Å². The van der Waals surface area contributed by atoms with E-state index in [0.29, 0.717) is 12.8 Å². The van der Waals surface area contributed by atoms with E-state index in [-0.39, 0.29) is 11.7 Å². The summed E-state index contributed by atoms with van der Waals surface area (Å²) in [7, 11) is 0. The largest absolute Gasteiger partial charge is 0.508 e. The molecular weight excluding hydrogens is 312 g/mol. The van der Waals surface area contributed by atoms with E-state index in [1.165, 1.54) is 5.57 Å². The van der Waals surface area contributed by atoms with E-state index in [4.69, 9.17) is 0 Å². The van der Waals surface area contributed by atoms with Crippen LogP contribution >= 0.6 is 0 Å². The number of benzene rings is 2. The molecule has 0 aliphatic heterocycles. The van der Waals surface area contributed by atoms with Crippen LogP contribution in [0.15, 0.2) is 66.2 Å². The van der Waals surface area contributed by atoms with Crippen LogP contribution < -0.4 is 0 Å².